The van der Waals surface area contributed by atoms with E-state index in [0.717, 1.165) is 17.4 Å². The van der Waals surface area contributed by atoms with Gasteiger partial charge in [-0.25, -0.2) is 0 Å². The lowest BCUT2D eigenvalue weighted by atomic mass is 10.00. The molecule has 1 amide bonds. The summed E-state index contributed by atoms with van der Waals surface area (Å²) in [6.07, 6.45) is 2.27. The van der Waals surface area contributed by atoms with Gasteiger partial charge in [0.2, 0.25) is 5.91 Å². The number of rotatable bonds is 5. The van der Waals surface area contributed by atoms with Crippen LogP contribution in [0.15, 0.2) is 12.7 Å². The minimum Gasteiger partial charge on any atom is -1.00 e. The monoisotopic (exact) mass is 278 g/mol. The van der Waals surface area contributed by atoms with Gasteiger partial charge in [-0.15, -0.1) is 0 Å². The lowest BCUT2D eigenvalue weighted by molar-refractivity contribution is -0.870. The van der Waals surface area contributed by atoms with Crippen molar-refractivity contribution in [3.63, 3.8) is 0 Å². The summed E-state index contributed by atoms with van der Waals surface area (Å²) in [5.41, 5.74) is -0.156. The van der Waals surface area contributed by atoms with Crippen molar-refractivity contribution in [2.45, 2.75) is 25.8 Å². The van der Waals surface area contributed by atoms with Crippen molar-refractivity contribution in [3.8, 4) is 0 Å². The Kier molecular flexibility index (Phi) is 7.14. The van der Waals surface area contributed by atoms with Crippen molar-refractivity contribution in [1.29, 1.82) is 0 Å². The van der Waals surface area contributed by atoms with Crippen LogP contribution < -0.4 is 22.3 Å². The molecule has 0 rings (SSSR count). The normalized spacial score (nSPS) is 11.5. The summed E-state index contributed by atoms with van der Waals surface area (Å²) in [5.74, 6) is -0.101. The Labute approximate surface area is 104 Å². The van der Waals surface area contributed by atoms with Crippen LogP contribution in [-0.4, -0.2) is 43.6 Å². The van der Waals surface area contributed by atoms with Crippen molar-refractivity contribution in [3.05, 3.63) is 12.7 Å². The van der Waals surface area contributed by atoms with E-state index in [1.165, 1.54) is 6.08 Å². The summed E-state index contributed by atoms with van der Waals surface area (Å²) >= 11 is 0. The molecule has 0 unspecified atom stereocenters. The van der Waals surface area contributed by atoms with Crippen molar-refractivity contribution in [2.75, 3.05) is 27.7 Å². The molecule has 0 radical (unpaired) electrons. The standard InChI is InChI=1S/C11H22N2O.BrH/c1-7-10(14)12-11(2,3)8-9-13(4,5)6;/h7H,1,8-9H2,2-6H3;1H. The van der Waals surface area contributed by atoms with Crippen LogP contribution in [0, 0.1) is 0 Å². The second kappa shape index (κ2) is 6.28. The van der Waals surface area contributed by atoms with Gasteiger partial charge in [0.05, 0.1) is 27.7 Å². The average Bonchev–Trinajstić information content (AvgIpc) is 1.99. The molecule has 0 aliphatic heterocycles. The Morgan fingerprint density at radius 3 is 2.20 bits per heavy atom. The quantitative estimate of drug-likeness (QED) is 0.465. The minimum absolute atomic E-state index is 0. The van der Waals surface area contributed by atoms with E-state index >= 15 is 0 Å². The summed E-state index contributed by atoms with van der Waals surface area (Å²) in [6, 6.07) is 0. The predicted molar refractivity (Wildman–Crippen MR) is 59.9 cm³/mol. The number of nitrogens with zero attached hydrogens (tertiary/aromatic N) is 1. The molecule has 1 N–H and O–H groups in total. The number of quaternary nitrogens is 1. The van der Waals surface area contributed by atoms with Gasteiger partial charge in [-0.1, -0.05) is 6.58 Å². The molecule has 4 heteroatoms. The number of amides is 1. The second-order valence-corrected chi connectivity index (χ2v) is 5.34. The van der Waals surface area contributed by atoms with Crippen LogP contribution in [0.1, 0.15) is 20.3 Å². The summed E-state index contributed by atoms with van der Waals surface area (Å²) in [5, 5.41) is 2.91. The third-order valence-electron chi connectivity index (χ3n) is 2.05. The summed E-state index contributed by atoms with van der Waals surface area (Å²) in [6.45, 7) is 8.53. The molecule has 0 saturated carbocycles. The fraction of sp³-hybridized carbons (Fsp3) is 0.727. The Balaban J connectivity index is 0. The van der Waals surface area contributed by atoms with E-state index in [1.54, 1.807) is 0 Å². The lowest BCUT2D eigenvalue weighted by Crippen LogP contribution is -3.00. The van der Waals surface area contributed by atoms with Gasteiger partial charge in [0.25, 0.3) is 0 Å². The SMILES string of the molecule is C=CC(=O)NC(C)(C)CC[N+](C)(C)C.[Br-]. The number of hydrogen-bond donors (Lipinski definition) is 1. The van der Waals surface area contributed by atoms with Crippen molar-refractivity contribution in [2.24, 2.45) is 0 Å². The molecule has 0 bridgehead atoms. The molecule has 0 atom stereocenters. The molecule has 0 saturated heterocycles. The highest BCUT2D eigenvalue weighted by Crippen LogP contribution is 2.10. The van der Waals surface area contributed by atoms with Crippen LogP contribution in [-0.2, 0) is 4.79 Å². The highest BCUT2D eigenvalue weighted by atomic mass is 79.9. The van der Waals surface area contributed by atoms with Crippen LogP contribution in [0.2, 0.25) is 0 Å². The van der Waals surface area contributed by atoms with Crippen LogP contribution in [0.5, 0.6) is 0 Å². The van der Waals surface area contributed by atoms with E-state index < -0.39 is 0 Å². The third-order valence-corrected chi connectivity index (χ3v) is 2.05. The molecule has 3 nitrogen and oxygen atoms in total. The second-order valence-electron chi connectivity index (χ2n) is 5.34. The number of carbonyl (C=O) groups is 1. The molecule has 0 aromatic rings. The molecular formula is C11H23BrN2O. The van der Waals surface area contributed by atoms with Crippen LogP contribution in [0.4, 0.5) is 0 Å². The summed E-state index contributed by atoms with van der Waals surface area (Å²) < 4.78 is 0.910. The molecule has 0 spiro atoms. The zero-order chi connectivity index (χ0) is 11.4. The topological polar surface area (TPSA) is 29.1 Å². The molecule has 0 aliphatic carbocycles. The molecule has 0 aliphatic rings. The Morgan fingerprint density at radius 1 is 1.40 bits per heavy atom. The van der Waals surface area contributed by atoms with Gasteiger partial charge in [0.1, 0.15) is 0 Å². The van der Waals surface area contributed by atoms with Crippen molar-refractivity contribution >= 4 is 5.91 Å². The third kappa shape index (κ3) is 9.94. The zero-order valence-corrected chi connectivity index (χ0v) is 12.0. The first-order valence-electron chi connectivity index (χ1n) is 4.91. The first-order chi connectivity index (χ1) is 6.16. The molecular weight excluding hydrogens is 256 g/mol. The van der Waals surface area contributed by atoms with E-state index in [0.29, 0.717) is 0 Å². The van der Waals surface area contributed by atoms with E-state index in [2.05, 4.69) is 33.0 Å². The number of halogens is 1. The zero-order valence-electron chi connectivity index (χ0n) is 10.4. The summed E-state index contributed by atoms with van der Waals surface area (Å²) in [7, 11) is 6.43. The van der Waals surface area contributed by atoms with Gasteiger partial charge in [0.15, 0.2) is 0 Å². The largest absolute Gasteiger partial charge is 1.00 e. The molecule has 0 heterocycles. The molecule has 0 fully saturated rings. The Bertz CT molecular complexity index is 219. The average molecular weight is 279 g/mol. The van der Waals surface area contributed by atoms with Gasteiger partial charge in [-0.3, -0.25) is 4.79 Å². The van der Waals surface area contributed by atoms with E-state index in [1.807, 2.05) is 13.8 Å². The maximum absolute atomic E-state index is 11.1. The van der Waals surface area contributed by atoms with Gasteiger partial charge in [-0.05, 0) is 19.9 Å². The number of carbonyl (C=O) groups excluding carboxylic acids is 1. The van der Waals surface area contributed by atoms with Crippen molar-refractivity contribution in [1.82, 2.24) is 5.32 Å². The molecule has 90 valence electrons. The Morgan fingerprint density at radius 2 is 1.87 bits per heavy atom. The fourth-order valence-electron chi connectivity index (χ4n) is 1.06. The summed E-state index contributed by atoms with van der Waals surface area (Å²) in [4.78, 5) is 11.1. The van der Waals surface area contributed by atoms with Gasteiger partial charge >= 0.3 is 0 Å². The first kappa shape index (κ1) is 17.1. The van der Waals surface area contributed by atoms with E-state index in [-0.39, 0.29) is 28.4 Å². The highest BCUT2D eigenvalue weighted by molar-refractivity contribution is 5.87. The smallest absolute Gasteiger partial charge is 0.243 e. The van der Waals surface area contributed by atoms with Gasteiger partial charge < -0.3 is 26.8 Å². The maximum Gasteiger partial charge on any atom is 0.243 e. The lowest BCUT2D eigenvalue weighted by Gasteiger charge is -2.31. The number of nitrogens with one attached hydrogen (secondary N) is 1. The maximum atomic E-state index is 11.1. The van der Waals surface area contributed by atoms with E-state index in [9.17, 15) is 4.79 Å². The first-order valence-corrected chi connectivity index (χ1v) is 4.91. The van der Waals surface area contributed by atoms with Crippen LogP contribution in [0.3, 0.4) is 0 Å². The molecule has 0 aromatic heterocycles. The fourth-order valence-corrected chi connectivity index (χ4v) is 1.06. The van der Waals surface area contributed by atoms with Gasteiger partial charge in [0, 0.05) is 12.0 Å². The van der Waals surface area contributed by atoms with Crippen LogP contribution in [0.25, 0.3) is 0 Å². The molecule has 0 aromatic carbocycles. The molecule has 15 heavy (non-hydrogen) atoms. The van der Waals surface area contributed by atoms with E-state index in [4.69, 9.17) is 0 Å². The Hall–Kier alpha value is -0.350. The highest BCUT2D eigenvalue weighted by Gasteiger charge is 2.22. The van der Waals surface area contributed by atoms with Gasteiger partial charge in [-0.2, -0.15) is 0 Å². The predicted octanol–water partition coefficient (Wildman–Crippen LogP) is -1.83. The van der Waals surface area contributed by atoms with Crippen LogP contribution >= 0.6 is 0 Å². The minimum atomic E-state index is -0.156. The van der Waals surface area contributed by atoms with Crippen molar-refractivity contribution < 1.29 is 26.3 Å². The number of hydrogen-bond acceptors (Lipinski definition) is 1.